The van der Waals surface area contributed by atoms with E-state index in [1.165, 1.54) is 0 Å². The number of nitrogens with zero attached hydrogens (tertiary/aromatic N) is 1. The maximum absolute atomic E-state index is 12.4. The highest BCUT2D eigenvalue weighted by Crippen LogP contribution is 2.28. The van der Waals surface area contributed by atoms with Crippen molar-refractivity contribution in [3.05, 3.63) is 0 Å². The van der Waals surface area contributed by atoms with Crippen molar-refractivity contribution in [3.8, 4) is 0 Å². The van der Waals surface area contributed by atoms with Crippen LogP contribution in [0.15, 0.2) is 0 Å². The van der Waals surface area contributed by atoms with E-state index >= 15 is 0 Å². The molecule has 1 heterocycles. The van der Waals surface area contributed by atoms with Gasteiger partial charge in [-0.15, -0.1) is 0 Å². The number of carbonyl (C=O) groups excluding carboxylic acids is 1. The highest BCUT2D eigenvalue weighted by atomic mass is 16.5. The molecule has 0 spiro atoms. The molecule has 1 saturated heterocycles. The SMILES string of the molecule is CCC(C)(C)C(=O)N1CCC(OC)CC1CN. The number of methoxy groups -OCH3 is 1. The minimum Gasteiger partial charge on any atom is -0.381 e. The lowest BCUT2D eigenvalue weighted by Gasteiger charge is -2.42. The highest BCUT2D eigenvalue weighted by molar-refractivity contribution is 5.82. The summed E-state index contributed by atoms with van der Waals surface area (Å²) in [5.74, 6) is 0.227. The summed E-state index contributed by atoms with van der Waals surface area (Å²) in [4.78, 5) is 14.4. The number of carbonyl (C=O) groups is 1. The Labute approximate surface area is 104 Å². The average molecular weight is 242 g/mol. The summed E-state index contributed by atoms with van der Waals surface area (Å²) in [5.41, 5.74) is 5.50. The normalized spacial score (nSPS) is 26.1. The summed E-state index contributed by atoms with van der Waals surface area (Å²) in [6, 6.07) is 0.132. The topological polar surface area (TPSA) is 55.6 Å². The van der Waals surface area contributed by atoms with Crippen LogP contribution < -0.4 is 5.73 Å². The number of amides is 1. The van der Waals surface area contributed by atoms with Crippen molar-refractivity contribution in [1.29, 1.82) is 0 Å². The Bertz CT molecular complexity index is 266. The number of hydrogen-bond acceptors (Lipinski definition) is 3. The Morgan fingerprint density at radius 1 is 1.53 bits per heavy atom. The Morgan fingerprint density at radius 2 is 2.18 bits per heavy atom. The van der Waals surface area contributed by atoms with Crippen molar-refractivity contribution in [2.75, 3.05) is 20.2 Å². The Morgan fingerprint density at radius 3 is 2.65 bits per heavy atom. The molecule has 1 rings (SSSR count). The quantitative estimate of drug-likeness (QED) is 0.810. The van der Waals surface area contributed by atoms with Crippen LogP contribution in [0.5, 0.6) is 0 Å². The summed E-state index contributed by atoms with van der Waals surface area (Å²) >= 11 is 0. The molecule has 2 unspecified atom stereocenters. The van der Waals surface area contributed by atoms with E-state index in [1.807, 2.05) is 18.7 Å². The molecule has 0 aromatic carbocycles. The standard InChI is InChI=1S/C13H26N2O2/c1-5-13(2,3)12(16)15-7-6-11(17-4)8-10(15)9-14/h10-11H,5-9,14H2,1-4H3. The molecule has 4 heteroatoms. The molecule has 0 aliphatic carbocycles. The molecule has 1 aliphatic heterocycles. The zero-order valence-corrected chi connectivity index (χ0v) is 11.5. The summed E-state index contributed by atoms with van der Waals surface area (Å²) < 4.78 is 5.37. The van der Waals surface area contributed by atoms with Crippen LogP contribution >= 0.6 is 0 Å². The van der Waals surface area contributed by atoms with Crippen molar-refractivity contribution in [2.24, 2.45) is 11.1 Å². The van der Waals surface area contributed by atoms with Crippen LogP contribution in [0.4, 0.5) is 0 Å². The number of nitrogens with two attached hydrogens (primary N) is 1. The van der Waals surface area contributed by atoms with E-state index < -0.39 is 0 Å². The van der Waals surface area contributed by atoms with Gasteiger partial charge in [-0.25, -0.2) is 0 Å². The van der Waals surface area contributed by atoms with Gasteiger partial charge in [-0.1, -0.05) is 20.8 Å². The summed E-state index contributed by atoms with van der Waals surface area (Å²) in [5, 5.41) is 0. The lowest BCUT2D eigenvalue weighted by atomic mass is 9.86. The van der Waals surface area contributed by atoms with Crippen molar-refractivity contribution in [1.82, 2.24) is 4.90 Å². The van der Waals surface area contributed by atoms with E-state index in [9.17, 15) is 4.79 Å². The van der Waals surface area contributed by atoms with Gasteiger partial charge in [0.2, 0.25) is 5.91 Å². The van der Waals surface area contributed by atoms with Gasteiger partial charge in [0.25, 0.3) is 0 Å². The minimum atomic E-state index is -0.284. The van der Waals surface area contributed by atoms with Gasteiger partial charge in [0.15, 0.2) is 0 Å². The molecule has 17 heavy (non-hydrogen) atoms. The van der Waals surface area contributed by atoms with Crippen LogP contribution in [0.25, 0.3) is 0 Å². The van der Waals surface area contributed by atoms with Crippen LogP contribution in [-0.2, 0) is 9.53 Å². The van der Waals surface area contributed by atoms with Gasteiger partial charge in [-0.05, 0) is 19.3 Å². The van der Waals surface area contributed by atoms with E-state index in [1.54, 1.807) is 7.11 Å². The molecule has 1 aliphatic rings. The molecule has 0 saturated carbocycles. The molecular formula is C13H26N2O2. The number of rotatable bonds is 4. The second-order valence-electron chi connectivity index (χ2n) is 5.51. The lowest BCUT2D eigenvalue weighted by Crippen LogP contribution is -2.54. The van der Waals surface area contributed by atoms with Gasteiger partial charge < -0.3 is 15.4 Å². The van der Waals surface area contributed by atoms with Gasteiger partial charge in [0.1, 0.15) is 0 Å². The van der Waals surface area contributed by atoms with E-state index in [4.69, 9.17) is 10.5 Å². The van der Waals surface area contributed by atoms with Crippen molar-refractivity contribution < 1.29 is 9.53 Å². The predicted octanol–water partition coefficient (Wildman–Crippen LogP) is 1.39. The molecule has 1 fully saturated rings. The first-order chi connectivity index (χ1) is 7.96. The third-order valence-electron chi connectivity index (χ3n) is 4.00. The van der Waals surface area contributed by atoms with E-state index in [0.717, 1.165) is 25.8 Å². The summed E-state index contributed by atoms with van der Waals surface area (Å²) in [7, 11) is 1.73. The van der Waals surface area contributed by atoms with Crippen molar-refractivity contribution >= 4 is 5.91 Å². The maximum atomic E-state index is 12.4. The van der Waals surface area contributed by atoms with Gasteiger partial charge in [-0.2, -0.15) is 0 Å². The number of likely N-dealkylation sites (tertiary alicyclic amines) is 1. The van der Waals surface area contributed by atoms with Crippen LogP contribution in [0, 0.1) is 5.41 Å². The first-order valence-electron chi connectivity index (χ1n) is 6.50. The van der Waals surface area contributed by atoms with Crippen LogP contribution in [0.3, 0.4) is 0 Å². The number of piperidine rings is 1. The predicted molar refractivity (Wildman–Crippen MR) is 68.7 cm³/mol. The maximum Gasteiger partial charge on any atom is 0.228 e. The lowest BCUT2D eigenvalue weighted by molar-refractivity contribution is -0.146. The largest absolute Gasteiger partial charge is 0.381 e. The first kappa shape index (κ1) is 14.5. The summed E-state index contributed by atoms with van der Waals surface area (Å²) in [6.45, 7) is 7.35. The zero-order chi connectivity index (χ0) is 13.1. The molecule has 0 aromatic rings. The second kappa shape index (κ2) is 5.83. The van der Waals surface area contributed by atoms with E-state index in [0.29, 0.717) is 6.54 Å². The molecule has 2 N–H and O–H groups in total. The number of ether oxygens (including phenoxy) is 1. The third-order valence-corrected chi connectivity index (χ3v) is 4.00. The zero-order valence-electron chi connectivity index (χ0n) is 11.5. The Hall–Kier alpha value is -0.610. The fourth-order valence-electron chi connectivity index (χ4n) is 2.26. The molecule has 4 nitrogen and oxygen atoms in total. The van der Waals surface area contributed by atoms with Gasteiger partial charge in [0.05, 0.1) is 6.10 Å². The van der Waals surface area contributed by atoms with Crippen LogP contribution in [0.1, 0.15) is 40.0 Å². The fourth-order valence-corrected chi connectivity index (χ4v) is 2.26. The molecule has 100 valence electrons. The smallest absolute Gasteiger partial charge is 0.228 e. The van der Waals surface area contributed by atoms with Crippen LogP contribution in [0.2, 0.25) is 0 Å². The second-order valence-corrected chi connectivity index (χ2v) is 5.51. The third kappa shape index (κ3) is 3.19. The Kier molecular flexibility index (Phi) is 4.95. The molecule has 2 atom stereocenters. The average Bonchev–Trinajstić information content (AvgIpc) is 2.36. The fraction of sp³-hybridized carbons (Fsp3) is 0.923. The Balaban J connectivity index is 2.73. The molecule has 1 amide bonds. The summed E-state index contributed by atoms with van der Waals surface area (Å²) in [6.07, 6.45) is 2.88. The number of hydrogen-bond donors (Lipinski definition) is 1. The van der Waals surface area contributed by atoms with Gasteiger partial charge in [-0.3, -0.25) is 4.79 Å². The van der Waals surface area contributed by atoms with Gasteiger partial charge in [0, 0.05) is 31.7 Å². The minimum absolute atomic E-state index is 0.132. The van der Waals surface area contributed by atoms with E-state index in [-0.39, 0.29) is 23.5 Å². The molecule has 0 aromatic heterocycles. The first-order valence-corrected chi connectivity index (χ1v) is 6.50. The van der Waals surface area contributed by atoms with Crippen molar-refractivity contribution in [3.63, 3.8) is 0 Å². The molecule has 0 radical (unpaired) electrons. The molecule has 0 bridgehead atoms. The van der Waals surface area contributed by atoms with Crippen molar-refractivity contribution in [2.45, 2.75) is 52.2 Å². The molecular weight excluding hydrogens is 216 g/mol. The van der Waals surface area contributed by atoms with E-state index in [2.05, 4.69) is 6.92 Å². The monoisotopic (exact) mass is 242 g/mol. The highest BCUT2D eigenvalue weighted by Gasteiger charge is 2.37. The van der Waals surface area contributed by atoms with Crippen LogP contribution in [-0.4, -0.2) is 43.2 Å². The van der Waals surface area contributed by atoms with Gasteiger partial charge >= 0.3 is 0 Å².